The second-order valence-corrected chi connectivity index (χ2v) is 4.91. The van der Waals surface area contributed by atoms with Crippen LogP contribution in [0.3, 0.4) is 0 Å². The molecule has 0 saturated carbocycles. The lowest BCUT2D eigenvalue weighted by Crippen LogP contribution is -2.28. The summed E-state index contributed by atoms with van der Waals surface area (Å²) in [5, 5.41) is 1.08. The van der Waals surface area contributed by atoms with E-state index in [1.165, 1.54) is 44.5 Å². The molecule has 0 aliphatic carbocycles. The van der Waals surface area contributed by atoms with Crippen LogP contribution in [0.5, 0.6) is 0 Å². The predicted molar refractivity (Wildman–Crippen MR) is 75.3 cm³/mol. The molecule has 1 aromatic carbocycles. The maximum atomic E-state index is 3.52. The van der Waals surface area contributed by atoms with E-state index in [2.05, 4.69) is 58.1 Å². The first kappa shape index (κ1) is 13.7. The van der Waals surface area contributed by atoms with E-state index in [4.69, 9.17) is 0 Å². The molecule has 90 valence electrons. The zero-order chi connectivity index (χ0) is 11.6. The number of nitrogens with zero attached hydrogens (tertiary/aromatic N) is 1. The van der Waals surface area contributed by atoms with Crippen molar-refractivity contribution in [3.8, 4) is 0 Å². The molecule has 0 fully saturated rings. The van der Waals surface area contributed by atoms with Crippen LogP contribution < -0.4 is 0 Å². The maximum Gasteiger partial charge on any atom is 0.0159 e. The Kier molecular flexibility index (Phi) is 7.52. The van der Waals surface area contributed by atoms with Crippen molar-refractivity contribution in [1.29, 1.82) is 0 Å². The van der Waals surface area contributed by atoms with Crippen molar-refractivity contribution in [1.82, 2.24) is 4.90 Å². The fraction of sp³-hybridized carbons (Fsp3) is 0.571. The summed E-state index contributed by atoms with van der Waals surface area (Å²) in [6.07, 6.45) is 3.71. The van der Waals surface area contributed by atoms with E-state index in [-0.39, 0.29) is 0 Å². The number of hydrogen-bond donors (Lipinski definition) is 0. The third kappa shape index (κ3) is 5.66. The van der Waals surface area contributed by atoms with Crippen LogP contribution in [0.4, 0.5) is 0 Å². The SMILES string of the molecule is CCCN(CCBr)CCCc1ccccc1. The minimum absolute atomic E-state index is 1.08. The lowest BCUT2D eigenvalue weighted by molar-refractivity contribution is 0.288. The largest absolute Gasteiger partial charge is 0.303 e. The van der Waals surface area contributed by atoms with Gasteiger partial charge in [-0.1, -0.05) is 53.2 Å². The van der Waals surface area contributed by atoms with E-state index in [1.54, 1.807) is 0 Å². The standard InChI is InChI=1S/C14H22BrN/c1-2-11-16(13-10-15)12-6-9-14-7-4-3-5-8-14/h3-5,7-8H,2,6,9-13H2,1H3. The average Bonchev–Trinajstić information content (AvgIpc) is 2.31. The molecule has 0 aliphatic heterocycles. The van der Waals surface area contributed by atoms with Crippen molar-refractivity contribution in [3.05, 3.63) is 35.9 Å². The predicted octanol–water partition coefficient (Wildman–Crippen LogP) is 3.73. The topological polar surface area (TPSA) is 3.24 Å². The Labute approximate surface area is 108 Å². The molecule has 0 aliphatic rings. The number of rotatable bonds is 8. The monoisotopic (exact) mass is 283 g/mol. The van der Waals surface area contributed by atoms with Crippen LogP contribution in [0.2, 0.25) is 0 Å². The first-order chi connectivity index (χ1) is 7.86. The van der Waals surface area contributed by atoms with Crippen molar-refractivity contribution in [2.45, 2.75) is 26.2 Å². The van der Waals surface area contributed by atoms with Crippen molar-refractivity contribution in [3.63, 3.8) is 0 Å². The zero-order valence-electron chi connectivity index (χ0n) is 10.2. The van der Waals surface area contributed by atoms with E-state index in [0.717, 1.165) is 5.33 Å². The van der Waals surface area contributed by atoms with E-state index >= 15 is 0 Å². The maximum absolute atomic E-state index is 3.52. The lowest BCUT2D eigenvalue weighted by atomic mass is 10.1. The van der Waals surface area contributed by atoms with Crippen LogP contribution in [0.1, 0.15) is 25.3 Å². The summed E-state index contributed by atoms with van der Waals surface area (Å²) in [4.78, 5) is 2.54. The minimum atomic E-state index is 1.08. The molecule has 0 aromatic heterocycles. The second-order valence-electron chi connectivity index (χ2n) is 4.12. The van der Waals surface area contributed by atoms with Gasteiger partial charge < -0.3 is 4.90 Å². The Morgan fingerprint density at radius 3 is 2.44 bits per heavy atom. The summed E-state index contributed by atoms with van der Waals surface area (Å²) in [5.41, 5.74) is 1.46. The van der Waals surface area contributed by atoms with Crippen LogP contribution in [0, 0.1) is 0 Å². The molecule has 1 rings (SSSR count). The highest BCUT2D eigenvalue weighted by Gasteiger charge is 2.02. The molecule has 0 radical (unpaired) electrons. The highest BCUT2D eigenvalue weighted by Crippen LogP contribution is 2.04. The highest BCUT2D eigenvalue weighted by molar-refractivity contribution is 9.09. The van der Waals surface area contributed by atoms with Crippen molar-refractivity contribution in [2.24, 2.45) is 0 Å². The van der Waals surface area contributed by atoms with E-state index in [9.17, 15) is 0 Å². The minimum Gasteiger partial charge on any atom is -0.303 e. The van der Waals surface area contributed by atoms with Gasteiger partial charge in [0.2, 0.25) is 0 Å². The summed E-state index contributed by atoms with van der Waals surface area (Å²) in [6, 6.07) is 10.8. The molecule has 0 unspecified atom stereocenters. The molecule has 0 atom stereocenters. The van der Waals surface area contributed by atoms with Gasteiger partial charge >= 0.3 is 0 Å². The molecule has 0 N–H and O–H groups in total. The van der Waals surface area contributed by atoms with E-state index in [1.807, 2.05) is 0 Å². The number of hydrogen-bond acceptors (Lipinski definition) is 1. The average molecular weight is 284 g/mol. The zero-order valence-corrected chi connectivity index (χ0v) is 11.7. The lowest BCUT2D eigenvalue weighted by Gasteiger charge is -2.20. The van der Waals surface area contributed by atoms with Crippen molar-refractivity contribution < 1.29 is 0 Å². The number of benzene rings is 1. The fourth-order valence-electron chi connectivity index (χ4n) is 1.92. The molecule has 0 amide bonds. The third-order valence-corrected chi connectivity index (χ3v) is 3.08. The van der Waals surface area contributed by atoms with Crippen molar-refractivity contribution >= 4 is 15.9 Å². The second kappa shape index (κ2) is 8.77. The number of halogens is 1. The first-order valence-electron chi connectivity index (χ1n) is 6.19. The Balaban J connectivity index is 2.22. The summed E-state index contributed by atoms with van der Waals surface area (Å²) in [5.74, 6) is 0. The van der Waals surface area contributed by atoms with Gasteiger partial charge in [0.1, 0.15) is 0 Å². The van der Waals surface area contributed by atoms with Gasteiger partial charge in [-0.3, -0.25) is 0 Å². The quantitative estimate of drug-likeness (QED) is 0.657. The summed E-state index contributed by atoms with van der Waals surface area (Å²) < 4.78 is 0. The molecular formula is C14H22BrN. The molecule has 0 spiro atoms. The highest BCUT2D eigenvalue weighted by atomic mass is 79.9. The molecule has 0 heterocycles. The van der Waals surface area contributed by atoms with E-state index < -0.39 is 0 Å². The number of aryl methyl sites for hydroxylation is 1. The van der Waals surface area contributed by atoms with Gasteiger partial charge in [-0.25, -0.2) is 0 Å². The molecule has 16 heavy (non-hydrogen) atoms. The van der Waals surface area contributed by atoms with Gasteiger partial charge in [0.15, 0.2) is 0 Å². The Hall–Kier alpha value is -0.340. The van der Waals surface area contributed by atoms with Gasteiger partial charge in [-0.05, 0) is 37.9 Å². The van der Waals surface area contributed by atoms with E-state index in [0.29, 0.717) is 0 Å². The van der Waals surface area contributed by atoms with Gasteiger partial charge in [0.25, 0.3) is 0 Å². The smallest absolute Gasteiger partial charge is 0.0159 e. The normalized spacial score (nSPS) is 10.9. The molecular weight excluding hydrogens is 262 g/mol. The van der Waals surface area contributed by atoms with Crippen LogP contribution in [0.15, 0.2) is 30.3 Å². The molecule has 0 saturated heterocycles. The number of alkyl halides is 1. The van der Waals surface area contributed by atoms with Gasteiger partial charge in [0.05, 0.1) is 0 Å². The van der Waals surface area contributed by atoms with Gasteiger partial charge in [0, 0.05) is 11.9 Å². The van der Waals surface area contributed by atoms with Crippen LogP contribution in [0.25, 0.3) is 0 Å². The third-order valence-electron chi connectivity index (χ3n) is 2.72. The van der Waals surface area contributed by atoms with Crippen LogP contribution in [-0.2, 0) is 6.42 Å². The summed E-state index contributed by atoms with van der Waals surface area (Å²) in [6.45, 7) is 5.86. The van der Waals surface area contributed by atoms with Gasteiger partial charge in [-0.15, -0.1) is 0 Å². The van der Waals surface area contributed by atoms with Gasteiger partial charge in [-0.2, -0.15) is 0 Å². The fourth-order valence-corrected chi connectivity index (χ4v) is 2.42. The first-order valence-corrected chi connectivity index (χ1v) is 7.31. The molecule has 1 aromatic rings. The van der Waals surface area contributed by atoms with Crippen molar-refractivity contribution in [2.75, 3.05) is 25.0 Å². The molecule has 0 bridgehead atoms. The Morgan fingerprint density at radius 1 is 1.06 bits per heavy atom. The molecule has 1 nitrogen and oxygen atoms in total. The summed E-state index contributed by atoms with van der Waals surface area (Å²) in [7, 11) is 0. The molecule has 2 heteroatoms. The van der Waals surface area contributed by atoms with Crippen LogP contribution in [-0.4, -0.2) is 29.9 Å². The summed E-state index contributed by atoms with van der Waals surface area (Å²) >= 11 is 3.52. The Bertz CT molecular complexity index is 255. The van der Waals surface area contributed by atoms with Crippen LogP contribution >= 0.6 is 15.9 Å². The Morgan fingerprint density at radius 2 is 1.81 bits per heavy atom.